The molecule has 8 nitrogen and oxygen atoms in total. The zero-order chi connectivity index (χ0) is 21.0. The zero-order valence-corrected chi connectivity index (χ0v) is 16.1. The van der Waals surface area contributed by atoms with E-state index in [-0.39, 0.29) is 34.8 Å². The number of fused-ring (bicyclic) bond motifs is 3. The first-order chi connectivity index (χ1) is 14.3. The molecule has 0 aliphatic carbocycles. The van der Waals surface area contributed by atoms with Gasteiger partial charge >= 0.3 is 12.3 Å². The molecule has 30 heavy (non-hydrogen) atoms. The summed E-state index contributed by atoms with van der Waals surface area (Å²) in [5.41, 5.74) is -0.692. The molecule has 2 aromatic heterocycles. The molecule has 5 rings (SSSR count). The molecule has 2 saturated heterocycles. The maximum atomic E-state index is 13.1. The number of alkyl halides is 3. The number of benzene rings is 1. The Hall–Kier alpha value is -2.86. The zero-order valence-electron chi connectivity index (χ0n) is 15.3. The summed E-state index contributed by atoms with van der Waals surface area (Å²) in [7, 11) is 0. The van der Waals surface area contributed by atoms with Crippen molar-refractivity contribution in [3.05, 3.63) is 23.2 Å². The van der Waals surface area contributed by atoms with Crippen LogP contribution in [0.3, 0.4) is 0 Å². The lowest BCUT2D eigenvalue weighted by Gasteiger charge is -2.31. The number of carbonyl (C=O) groups is 1. The monoisotopic (exact) mass is 440 g/mol. The van der Waals surface area contributed by atoms with Crippen molar-refractivity contribution < 1.29 is 32.2 Å². The Balaban J connectivity index is 1.71. The first-order valence-electron chi connectivity index (χ1n) is 9.16. The normalized spacial score (nSPS) is 21.4. The molecular formula is C18H15F3N4O4S. The smallest absolute Gasteiger partial charge is 0.478 e. The molecule has 0 saturated carbocycles. The Morgan fingerprint density at radius 2 is 2.07 bits per heavy atom. The van der Waals surface area contributed by atoms with Gasteiger partial charge in [0, 0.05) is 36.8 Å². The van der Waals surface area contributed by atoms with Crippen LogP contribution in [-0.4, -0.2) is 52.6 Å². The Kier molecular flexibility index (Phi) is 4.36. The van der Waals surface area contributed by atoms with E-state index in [9.17, 15) is 23.1 Å². The number of piperazine rings is 1. The highest BCUT2D eigenvalue weighted by Crippen LogP contribution is 2.42. The maximum Gasteiger partial charge on any atom is 0.573 e. The second kappa shape index (κ2) is 6.84. The quantitative estimate of drug-likeness (QED) is 0.636. The standard InChI is InChI=1S/C18H15F3N4O4S/c19-18(20,21)29-14-11(16(26)27)5-10(15-22-3-4-30-15)13-12(14)24-17(28-13)25-6-8-1-2-9(7-25)23-8/h3-5,8-9,23H,1-2,6-7H2,(H,26,27). The van der Waals surface area contributed by atoms with E-state index in [0.717, 1.165) is 18.9 Å². The largest absolute Gasteiger partial charge is 0.573 e. The van der Waals surface area contributed by atoms with E-state index in [2.05, 4.69) is 20.0 Å². The minimum Gasteiger partial charge on any atom is -0.478 e. The van der Waals surface area contributed by atoms with E-state index in [1.165, 1.54) is 17.5 Å². The van der Waals surface area contributed by atoms with Crippen LogP contribution >= 0.6 is 11.3 Å². The summed E-state index contributed by atoms with van der Waals surface area (Å²) >= 11 is 1.21. The summed E-state index contributed by atoms with van der Waals surface area (Å²) < 4.78 is 49.1. The third-order valence-corrected chi connectivity index (χ3v) is 6.01. The summed E-state index contributed by atoms with van der Waals surface area (Å²) in [4.78, 5) is 22.0. The van der Waals surface area contributed by atoms with Crippen LogP contribution in [0.5, 0.6) is 5.75 Å². The average Bonchev–Trinajstić information content (AvgIpc) is 3.40. The molecule has 2 aliphatic heterocycles. The van der Waals surface area contributed by atoms with Crippen molar-refractivity contribution in [2.45, 2.75) is 31.3 Å². The molecule has 2 atom stereocenters. The van der Waals surface area contributed by atoms with Crippen LogP contribution in [0.15, 0.2) is 22.1 Å². The number of aromatic nitrogens is 2. The number of nitrogens with one attached hydrogen (secondary N) is 1. The number of oxazole rings is 1. The van der Waals surface area contributed by atoms with Crippen LogP contribution in [0.2, 0.25) is 0 Å². The van der Waals surface area contributed by atoms with Gasteiger partial charge in [0.05, 0.1) is 5.56 Å². The van der Waals surface area contributed by atoms with Crippen molar-refractivity contribution in [2.24, 2.45) is 0 Å². The van der Waals surface area contributed by atoms with Gasteiger partial charge in [0.2, 0.25) is 0 Å². The topological polar surface area (TPSA) is 101 Å². The maximum absolute atomic E-state index is 13.1. The van der Waals surface area contributed by atoms with Gasteiger partial charge in [0.25, 0.3) is 6.01 Å². The second-order valence-electron chi connectivity index (χ2n) is 7.21. The Labute approximate surface area is 171 Å². The number of anilines is 1. The van der Waals surface area contributed by atoms with Gasteiger partial charge in [-0.2, -0.15) is 4.98 Å². The number of aromatic carboxylic acids is 1. The summed E-state index contributed by atoms with van der Waals surface area (Å²) in [6.45, 7) is 1.19. The van der Waals surface area contributed by atoms with E-state index >= 15 is 0 Å². The second-order valence-corrected chi connectivity index (χ2v) is 8.10. The minimum atomic E-state index is -5.09. The van der Waals surface area contributed by atoms with E-state index in [0.29, 0.717) is 18.1 Å². The first kappa shape index (κ1) is 19.1. The van der Waals surface area contributed by atoms with E-state index in [1.54, 1.807) is 5.38 Å². The molecule has 4 heterocycles. The molecule has 2 unspecified atom stereocenters. The van der Waals surface area contributed by atoms with Gasteiger partial charge in [-0.15, -0.1) is 24.5 Å². The Morgan fingerprint density at radius 1 is 1.33 bits per heavy atom. The third-order valence-electron chi connectivity index (χ3n) is 5.21. The molecular weight excluding hydrogens is 425 g/mol. The number of carboxylic acids is 1. The molecule has 158 valence electrons. The number of thiazole rings is 1. The molecule has 0 amide bonds. The molecule has 3 aromatic rings. The lowest BCUT2D eigenvalue weighted by Crippen LogP contribution is -2.51. The Bertz CT molecular complexity index is 1100. The fourth-order valence-corrected chi connectivity index (χ4v) is 4.68. The van der Waals surface area contributed by atoms with Crippen LogP contribution in [-0.2, 0) is 0 Å². The predicted molar refractivity (Wildman–Crippen MR) is 101 cm³/mol. The summed E-state index contributed by atoms with van der Waals surface area (Å²) in [6, 6.07) is 1.71. The van der Waals surface area contributed by atoms with E-state index in [4.69, 9.17) is 4.42 Å². The van der Waals surface area contributed by atoms with Crippen LogP contribution in [0.1, 0.15) is 23.2 Å². The van der Waals surface area contributed by atoms with Gasteiger partial charge in [-0.25, -0.2) is 9.78 Å². The summed E-state index contributed by atoms with van der Waals surface area (Å²) in [6.07, 6.45) is -1.58. The number of hydrogen-bond acceptors (Lipinski definition) is 8. The van der Waals surface area contributed by atoms with Gasteiger partial charge in [0.1, 0.15) is 10.6 Å². The fourth-order valence-electron chi connectivity index (χ4n) is 4.03. The summed E-state index contributed by atoms with van der Waals surface area (Å²) in [5.74, 6) is -2.46. The van der Waals surface area contributed by atoms with Crippen LogP contribution < -0.4 is 15.0 Å². The number of ether oxygens (including phenoxy) is 1. The fraction of sp³-hybridized carbons (Fsp3) is 0.389. The van der Waals surface area contributed by atoms with Crippen molar-refractivity contribution in [3.8, 4) is 16.3 Å². The van der Waals surface area contributed by atoms with E-state index in [1.807, 2.05) is 4.90 Å². The van der Waals surface area contributed by atoms with Crippen molar-refractivity contribution in [1.29, 1.82) is 0 Å². The minimum absolute atomic E-state index is 0.00933. The molecule has 2 fully saturated rings. The molecule has 0 spiro atoms. The van der Waals surface area contributed by atoms with Crippen LogP contribution in [0, 0.1) is 0 Å². The van der Waals surface area contributed by atoms with E-state index < -0.39 is 23.6 Å². The number of nitrogens with zero attached hydrogens (tertiary/aromatic N) is 3. The molecule has 1 aromatic carbocycles. The van der Waals surface area contributed by atoms with Crippen molar-refractivity contribution >= 4 is 34.4 Å². The highest BCUT2D eigenvalue weighted by atomic mass is 32.1. The molecule has 2 bridgehead atoms. The van der Waals surface area contributed by atoms with Gasteiger partial charge in [-0.1, -0.05) is 0 Å². The van der Waals surface area contributed by atoms with Crippen molar-refractivity contribution in [2.75, 3.05) is 18.0 Å². The number of hydrogen-bond donors (Lipinski definition) is 2. The van der Waals surface area contributed by atoms with Gasteiger partial charge < -0.3 is 24.5 Å². The number of rotatable bonds is 4. The first-order valence-corrected chi connectivity index (χ1v) is 10.0. The molecule has 2 aliphatic rings. The number of halogens is 3. The predicted octanol–water partition coefficient (Wildman–Crippen LogP) is 3.49. The van der Waals surface area contributed by atoms with Gasteiger partial charge in [-0.05, 0) is 18.9 Å². The highest BCUT2D eigenvalue weighted by Gasteiger charge is 2.38. The van der Waals surface area contributed by atoms with Crippen LogP contribution in [0.4, 0.5) is 19.2 Å². The van der Waals surface area contributed by atoms with Crippen molar-refractivity contribution in [1.82, 2.24) is 15.3 Å². The lowest BCUT2D eigenvalue weighted by atomic mass is 10.1. The highest BCUT2D eigenvalue weighted by molar-refractivity contribution is 7.13. The lowest BCUT2D eigenvalue weighted by molar-refractivity contribution is -0.274. The van der Waals surface area contributed by atoms with Gasteiger partial charge in [-0.3, -0.25) is 0 Å². The number of carboxylic acid groups (broad SMARTS) is 1. The molecule has 2 N–H and O–H groups in total. The van der Waals surface area contributed by atoms with Crippen molar-refractivity contribution in [3.63, 3.8) is 0 Å². The SMILES string of the molecule is O=C(O)c1cc(-c2nccs2)c2oc(N3CC4CCC(C3)N4)nc2c1OC(F)(F)F. The summed E-state index contributed by atoms with van der Waals surface area (Å²) in [5, 5.41) is 15.1. The molecule has 12 heteroatoms. The molecule has 0 radical (unpaired) electrons. The van der Waals surface area contributed by atoms with Crippen LogP contribution in [0.25, 0.3) is 21.7 Å². The third kappa shape index (κ3) is 3.35. The Morgan fingerprint density at radius 3 is 2.67 bits per heavy atom. The van der Waals surface area contributed by atoms with Gasteiger partial charge in [0.15, 0.2) is 16.8 Å². The average molecular weight is 440 g/mol.